The molecule has 4 fully saturated rings. The summed E-state index contributed by atoms with van der Waals surface area (Å²) in [4.78, 5) is 32.3. The number of nitrogens with two attached hydrogens (primary N) is 1. The molecule has 3 saturated heterocycles. The molecule has 12 nitrogen and oxygen atoms in total. The first-order valence-corrected chi connectivity index (χ1v) is 16.4. The molecule has 1 aliphatic carbocycles. The number of H-pyrrole nitrogens is 1. The molecule has 1 aromatic carbocycles. The Hall–Kier alpha value is -4.84. The van der Waals surface area contributed by atoms with Crippen molar-refractivity contribution in [2.75, 3.05) is 23.7 Å². The normalized spacial score (nSPS) is 24.3. The third-order valence-electron chi connectivity index (χ3n) is 10.4. The lowest BCUT2D eigenvalue weighted by atomic mass is 9.85. The van der Waals surface area contributed by atoms with E-state index in [2.05, 4.69) is 33.4 Å². The molecular formula is C34H36N10O2. The third kappa shape index (κ3) is 4.53. The number of fused-ring (bicyclic) bond motifs is 3. The van der Waals surface area contributed by atoms with Gasteiger partial charge in [0.05, 0.1) is 23.7 Å². The number of pyridine rings is 1. The number of anilines is 2. The number of β-amino-alcohol motifs (C(OH)–C–C–N with tert-alkyl or cyclic N) is 1. The van der Waals surface area contributed by atoms with Gasteiger partial charge in [0.2, 0.25) is 11.8 Å². The number of rotatable bonds is 6. The lowest BCUT2D eigenvalue weighted by Gasteiger charge is -2.39. The van der Waals surface area contributed by atoms with Crippen molar-refractivity contribution in [1.82, 2.24) is 39.7 Å². The minimum absolute atomic E-state index is 0.0979. The Morgan fingerprint density at radius 3 is 2.41 bits per heavy atom. The van der Waals surface area contributed by atoms with E-state index in [0.29, 0.717) is 37.2 Å². The number of carbonyl (C=O) groups is 1. The second kappa shape index (κ2) is 10.6. The molecule has 5 aromatic rings. The molecule has 4 aliphatic rings. The molecule has 234 valence electrons. The maximum atomic E-state index is 13.8. The SMILES string of the molecule is Nc1c(C2CC2)c(C2C[C@H]3CC[C@@H](C2)N3C(=O)c2nc(N3CC[C@H](O)C3)n[nH]2)nc2c(-c3ccc(-c4ccccc4)nc3)cnn12. The van der Waals surface area contributed by atoms with Crippen molar-refractivity contribution in [3.05, 3.63) is 71.9 Å². The van der Waals surface area contributed by atoms with E-state index in [1.165, 1.54) is 0 Å². The Kier molecular flexibility index (Phi) is 6.34. The van der Waals surface area contributed by atoms with Crippen LogP contribution in [0, 0.1) is 0 Å². The first-order chi connectivity index (χ1) is 22.5. The van der Waals surface area contributed by atoms with Crippen molar-refractivity contribution in [1.29, 1.82) is 0 Å². The van der Waals surface area contributed by atoms with Gasteiger partial charge in [-0.25, -0.2) is 4.98 Å². The van der Waals surface area contributed by atoms with E-state index in [1.807, 2.05) is 46.5 Å². The van der Waals surface area contributed by atoms with Gasteiger partial charge in [-0.3, -0.25) is 14.9 Å². The van der Waals surface area contributed by atoms with Gasteiger partial charge < -0.3 is 20.6 Å². The van der Waals surface area contributed by atoms with Crippen LogP contribution in [-0.2, 0) is 0 Å². The van der Waals surface area contributed by atoms with Crippen molar-refractivity contribution in [3.8, 4) is 22.4 Å². The summed E-state index contributed by atoms with van der Waals surface area (Å²) in [5.74, 6) is 1.92. The molecule has 4 N–H and O–H groups in total. The predicted molar refractivity (Wildman–Crippen MR) is 172 cm³/mol. The van der Waals surface area contributed by atoms with Gasteiger partial charge in [0, 0.05) is 59.5 Å². The molecule has 9 rings (SSSR count). The molecule has 1 saturated carbocycles. The molecule has 12 heteroatoms. The molecule has 46 heavy (non-hydrogen) atoms. The molecule has 4 atom stereocenters. The molecule has 7 heterocycles. The zero-order valence-corrected chi connectivity index (χ0v) is 25.5. The van der Waals surface area contributed by atoms with E-state index in [1.54, 1.807) is 4.52 Å². The molecule has 4 aromatic heterocycles. The fourth-order valence-electron chi connectivity index (χ4n) is 7.95. The van der Waals surface area contributed by atoms with Crippen LogP contribution in [0.4, 0.5) is 11.8 Å². The Balaban J connectivity index is 1.01. The first kappa shape index (κ1) is 27.5. The summed E-state index contributed by atoms with van der Waals surface area (Å²) >= 11 is 0. The maximum absolute atomic E-state index is 13.8. The number of piperidine rings is 1. The van der Waals surface area contributed by atoms with Crippen LogP contribution >= 0.6 is 0 Å². The van der Waals surface area contributed by atoms with Crippen molar-refractivity contribution in [2.24, 2.45) is 0 Å². The lowest BCUT2D eigenvalue weighted by molar-refractivity contribution is 0.0557. The largest absolute Gasteiger partial charge is 0.391 e. The van der Waals surface area contributed by atoms with Crippen LogP contribution in [-0.4, -0.2) is 82.0 Å². The molecular weight excluding hydrogens is 580 g/mol. The number of amides is 1. The summed E-state index contributed by atoms with van der Waals surface area (Å²) in [6, 6.07) is 14.5. The number of hydrogen-bond donors (Lipinski definition) is 3. The van der Waals surface area contributed by atoms with E-state index in [0.717, 1.165) is 77.8 Å². The number of hydrogen-bond acceptors (Lipinski definition) is 9. The van der Waals surface area contributed by atoms with Gasteiger partial charge in [0.25, 0.3) is 5.91 Å². The molecule has 1 amide bonds. The third-order valence-corrected chi connectivity index (χ3v) is 10.4. The van der Waals surface area contributed by atoms with Crippen LogP contribution in [0.25, 0.3) is 28.0 Å². The highest BCUT2D eigenvalue weighted by molar-refractivity contribution is 5.91. The van der Waals surface area contributed by atoms with E-state index < -0.39 is 0 Å². The number of nitrogens with zero attached hydrogens (tertiary/aromatic N) is 8. The highest BCUT2D eigenvalue weighted by Gasteiger charge is 2.46. The van der Waals surface area contributed by atoms with Crippen LogP contribution in [0.2, 0.25) is 0 Å². The minimum Gasteiger partial charge on any atom is -0.391 e. The minimum atomic E-state index is -0.384. The van der Waals surface area contributed by atoms with E-state index in [9.17, 15) is 9.90 Å². The van der Waals surface area contributed by atoms with Crippen LogP contribution in [0.1, 0.15) is 78.7 Å². The van der Waals surface area contributed by atoms with Crippen molar-refractivity contribution < 1.29 is 9.90 Å². The Bertz CT molecular complexity index is 1920. The highest BCUT2D eigenvalue weighted by atomic mass is 16.3. The van der Waals surface area contributed by atoms with E-state index >= 15 is 0 Å². The van der Waals surface area contributed by atoms with Gasteiger partial charge in [-0.05, 0) is 56.9 Å². The number of carbonyl (C=O) groups excluding carboxylic acids is 1. The molecule has 2 bridgehead atoms. The predicted octanol–water partition coefficient (Wildman–Crippen LogP) is 4.16. The molecule has 0 spiro atoms. The number of nitrogens with one attached hydrogen (secondary N) is 1. The van der Waals surface area contributed by atoms with Crippen molar-refractivity contribution in [2.45, 2.75) is 75.0 Å². The van der Waals surface area contributed by atoms with Gasteiger partial charge in [0.1, 0.15) is 5.82 Å². The van der Waals surface area contributed by atoms with Gasteiger partial charge in [-0.2, -0.15) is 14.6 Å². The monoisotopic (exact) mass is 616 g/mol. The molecule has 3 aliphatic heterocycles. The topological polar surface area (TPSA) is 154 Å². The van der Waals surface area contributed by atoms with Crippen molar-refractivity contribution in [3.63, 3.8) is 0 Å². The molecule has 1 unspecified atom stereocenters. The lowest BCUT2D eigenvalue weighted by Crippen LogP contribution is -2.46. The Morgan fingerprint density at radius 2 is 1.72 bits per heavy atom. The number of aromatic amines is 1. The van der Waals surface area contributed by atoms with Crippen LogP contribution in [0.5, 0.6) is 0 Å². The standard InChI is InChI=1S/C34H36N10O2/c35-30-28(20-6-7-20)29(38-32-26(17-37-44(30)32)21-8-11-27(36-16-21)19-4-2-1-3-5-19)22-14-23-9-10-24(15-22)43(23)33(46)31-39-34(41-40-31)42-13-12-25(45)18-42/h1-5,8,11,16-17,20,22-25,45H,6-7,9-10,12-15,18,35H2,(H,39,40,41)/t22?,23-,24+,25-/m0/s1. The fraction of sp³-hybridized carbons (Fsp3) is 0.412. The quantitative estimate of drug-likeness (QED) is 0.255. The van der Waals surface area contributed by atoms with E-state index in [4.69, 9.17) is 20.8 Å². The summed E-state index contributed by atoms with van der Waals surface area (Å²) < 4.78 is 1.80. The zero-order chi connectivity index (χ0) is 30.9. The second-order valence-electron chi connectivity index (χ2n) is 13.3. The number of aromatic nitrogens is 7. The van der Waals surface area contributed by atoms with Gasteiger partial charge in [-0.15, -0.1) is 5.10 Å². The van der Waals surface area contributed by atoms with Crippen molar-refractivity contribution >= 4 is 23.3 Å². The zero-order valence-electron chi connectivity index (χ0n) is 25.5. The average molecular weight is 617 g/mol. The van der Waals surface area contributed by atoms with Crippen LogP contribution in [0.3, 0.4) is 0 Å². The van der Waals surface area contributed by atoms with Crippen LogP contribution in [0.15, 0.2) is 54.9 Å². The first-order valence-electron chi connectivity index (χ1n) is 16.4. The van der Waals surface area contributed by atoms with Gasteiger partial charge in [0.15, 0.2) is 5.65 Å². The van der Waals surface area contributed by atoms with Crippen LogP contribution < -0.4 is 10.6 Å². The smallest absolute Gasteiger partial charge is 0.291 e. The summed E-state index contributed by atoms with van der Waals surface area (Å²) in [5, 5.41) is 21.8. The summed E-state index contributed by atoms with van der Waals surface area (Å²) in [6.45, 7) is 1.17. The van der Waals surface area contributed by atoms with Gasteiger partial charge >= 0.3 is 0 Å². The Morgan fingerprint density at radius 1 is 0.913 bits per heavy atom. The molecule has 0 radical (unpaired) electrons. The highest BCUT2D eigenvalue weighted by Crippen LogP contribution is 2.50. The number of aliphatic hydroxyl groups excluding tert-OH is 1. The number of aliphatic hydroxyl groups is 1. The fourth-order valence-corrected chi connectivity index (χ4v) is 7.95. The second-order valence-corrected chi connectivity index (χ2v) is 13.3. The summed E-state index contributed by atoms with van der Waals surface area (Å²) in [7, 11) is 0. The number of nitrogen functional groups attached to an aromatic ring is 1. The maximum Gasteiger partial charge on any atom is 0.291 e. The summed E-state index contributed by atoms with van der Waals surface area (Å²) in [6.07, 6.45) is 9.83. The van der Waals surface area contributed by atoms with Gasteiger partial charge in [-0.1, -0.05) is 36.4 Å². The number of benzene rings is 1. The summed E-state index contributed by atoms with van der Waals surface area (Å²) in [5.41, 5.74) is 13.7. The average Bonchev–Trinajstić information content (AvgIpc) is 3.37. The Labute approximate surface area is 265 Å². The van der Waals surface area contributed by atoms with E-state index in [-0.39, 0.29) is 35.8 Å².